The third-order valence-electron chi connectivity index (χ3n) is 5.05. The molecule has 2 rings (SSSR count). The van der Waals surface area contributed by atoms with E-state index in [-0.39, 0.29) is 0 Å². The number of hydrogen-bond acceptors (Lipinski definition) is 5. The molecule has 0 amide bonds. The largest absolute Gasteiger partial charge is 0.383 e. The Morgan fingerprint density at radius 1 is 1.19 bits per heavy atom. The first kappa shape index (κ1) is 22.1. The fraction of sp³-hybridized carbons (Fsp3) is 0.750. The maximum absolute atomic E-state index is 10.6. The highest BCUT2D eigenvalue weighted by Crippen LogP contribution is 2.25. The van der Waals surface area contributed by atoms with Crippen LogP contribution in [0.5, 0.6) is 0 Å². The molecule has 0 saturated carbocycles. The first-order valence-electron chi connectivity index (χ1n) is 10.3. The average molecular weight is 396 g/mol. The van der Waals surface area contributed by atoms with Crippen LogP contribution in [0.4, 0.5) is 0 Å². The Morgan fingerprint density at radius 2 is 1.93 bits per heavy atom. The summed E-state index contributed by atoms with van der Waals surface area (Å²) >= 11 is 1.57. The van der Waals surface area contributed by atoms with Crippen molar-refractivity contribution < 1.29 is 5.11 Å². The van der Waals surface area contributed by atoms with E-state index in [0.29, 0.717) is 6.54 Å². The number of guanidine groups is 1. The third kappa shape index (κ3) is 7.78. The third-order valence-corrected chi connectivity index (χ3v) is 6.17. The van der Waals surface area contributed by atoms with Crippen molar-refractivity contribution in [1.82, 2.24) is 20.4 Å². The molecule has 27 heavy (non-hydrogen) atoms. The maximum Gasteiger partial charge on any atom is 0.191 e. The van der Waals surface area contributed by atoms with Gasteiger partial charge in [-0.05, 0) is 51.2 Å². The van der Waals surface area contributed by atoms with Crippen LogP contribution >= 0.6 is 11.3 Å². The Hall–Kier alpha value is -1.15. The highest BCUT2D eigenvalue weighted by molar-refractivity contribution is 7.10. The molecular formula is C20H37N5OS. The SMILES string of the molecule is CCNC(=NCC(C)(O)c1cccs1)NCCCCN1CCN(CC)CC1. The quantitative estimate of drug-likeness (QED) is 0.321. The summed E-state index contributed by atoms with van der Waals surface area (Å²) in [4.78, 5) is 10.6. The smallest absolute Gasteiger partial charge is 0.191 e. The zero-order chi connectivity index (χ0) is 19.5. The van der Waals surface area contributed by atoms with E-state index in [2.05, 4.69) is 39.3 Å². The summed E-state index contributed by atoms with van der Waals surface area (Å²) < 4.78 is 0. The Bertz CT molecular complexity index is 539. The molecule has 154 valence electrons. The van der Waals surface area contributed by atoms with Crippen LogP contribution in [0.3, 0.4) is 0 Å². The Morgan fingerprint density at radius 3 is 2.56 bits per heavy atom. The summed E-state index contributed by atoms with van der Waals surface area (Å²) in [6.07, 6.45) is 2.32. The van der Waals surface area contributed by atoms with Crippen molar-refractivity contribution in [3.63, 3.8) is 0 Å². The summed E-state index contributed by atoms with van der Waals surface area (Å²) in [6.45, 7) is 15.3. The van der Waals surface area contributed by atoms with E-state index in [1.165, 1.54) is 45.7 Å². The number of nitrogens with zero attached hydrogens (tertiary/aromatic N) is 3. The first-order valence-corrected chi connectivity index (χ1v) is 11.2. The van der Waals surface area contributed by atoms with Crippen molar-refractivity contribution in [1.29, 1.82) is 0 Å². The van der Waals surface area contributed by atoms with Crippen LogP contribution < -0.4 is 10.6 Å². The molecule has 1 aliphatic rings. The molecule has 6 nitrogen and oxygen atoms in total. The number of aliphatic hydroxyl groups is 1. The van der Waals surface area contributed by atoms with Crippen molar-refractivity contribution >= 4 is 17.3 Å². The minimum absolute atomic E-state index is 0.352. The van der Waals surface area contributed by atoms with Crippen molar-refractivity contribution in [2.45, 2.75) is 39.2 Å². The number of aliphatic imine (C=N–C) groups is 1. The topological polar surface area (TPSA) is 63.1 Å². The second-order valence-corrected chi connectivity index (χ2v) is 8.30. The van der Waals surface area contributed by atoms with Crippen LogP contribution in [0.25, 0.3) is 0 Å². The predicted molar refractivity (Wildman–Crippen MR) is 116 cm³/mol. The molecule has 0 radical (unpaired) electrons. The van der Waals surface area contributed by atoms with Gasteiger partial charge in [-0.15, -0.1) is 11.3 Å². The van der Waals surface area contributed by atoms with Crippen LogP contribution in [-0.4, -0.2) is 79.8 Å². The summed E-state index contributed by atoms with van der Waals surface area (Å²) in [5, 5.41) is 19.3. The van der Waals surface area contributed by atoms with Crippen LogP contribution in [0.2, 0.25) is 0 Å². The number of unbranched alkanes of at least 4 members (excludes halogenated alkanes) is 1. The second kappa shape index (κ2) is 11.6. The highest BCUT2D eigenvalue weighted by Gasteiger charge is 2.24. The molecule has 1 saturated heterocycles. The molecular weight excluding hydrogens is 358 g/mol. The first-order chi connectivity index (χ1) is 13.0. The van der Waals surface area contributed by atoms with Gasteiger partial charge in [-0.25, -0.2) is 4.99 Å². The molecule has 0 aliphatic carbocycles. The van der Waals surface area contributed by atoms with E-state index in [9.17, 15) is 5.11 Å². The second-order valence-electron chi connectivity index (χ2n) is 7.36. The van der Waals surface area contributed by atoms with Crippen molar-refractivity contribution in [3.05, 3.63) is 22.4 Å². The van der Waals surface area contributed by atoms with Gasteiger partial charge in [0, 0.05) is 44.1 Å². The van der Waals surface area contributed by atoms with E-state index in [0.717, 1.165) is 30.3 Å². The molecule has 0 spiro atoms. The zero-order valence-electron chi connectivity index (χ0n) is 17.2. The van der Waals surface area contributed by atoms with E-state index >= 15 is 0 Å². The lowest BCUT2D eigenvalue weighted by Crippen LogP contribution is -2.46. The number of hydrogen-bond donors (Lipinski definition) is 3. The van der Waals surface area contributed by atoms with Crippen molar-refractivity contribution in [2.75, 3.05) is 58.9 Å². The standard InChI is InChI=1S/C20H37N5OS/c1-4-21-19(23-17-20(3,26)18-9-8-16-27-18)22-10-6-7-11-25-14-12-24(5-2)13-15-25/h8-9,16,26H,4-7,10-15,17H2,1-3H3,(H2,21,22,23). The van der Waals surface area contributed by atoms with Gasteiger partial charge in [0.1, 0.15) is 5.60 Å². The van der Waals surface area contributed by atoms with Crippen LogP contribution in [-0.2, 0) is 5.60 Å². The van der Waals surface area contributed by atoms with E-state index in [1.54, 1.807) is 11.3 Å². The minimum Gasteiger partial charge on any atom is -0.383 e. The van der Waals surface area contributed by atoms with Gasteiger partial charge in [-0.2, -0.15) is 0 Å². The van der Waals surface area contributed by atoms with Gasteiger partial charge >= 0.3 is 0 Å². The molecule has 3 N–H and O–H groups in total. The predicted octanol–water partition coefficient (Wildman–Crippen LogP) is 1.93. The Kier molecular flexibility index (Phi) is 9.54. The van der Waals surface area contributed by atoms with Crippen molar-refractivity contribution in [2.24, 2.45) is 4.99 Å². The lowest BCUT2D eigenvalue weighted by molar-refractivity contribution is 0.0711. The molecule has 1 fully saturated rings. The zero-order valence-corrected chi connectivity index (χ0v) is 18.0. The van der Waals surface area contributed by atoms with Gasteiger partial charge in [0.25, 0.3) is 0 Å². The number of nitrogens with one attached hydrogen (secondary N) is 2. The van der Waals surface area contributed by atoms with E-state index < -0.39 is 5.60 Å². The fourth-order valence-electron chi connectivity index (χ4n) is 3.23. The van der Waals surface area contributed by atoms with Gasteiger partial charge in [0.2, 0.25) is 0 Å². The number of rotatable bonds is 10. The lowest BCUT2D eigenvalue weighted by atomic mass is 10.1. The van der Waals surface area contributed by atoms with Gasteiger partial charge in [0.15, 0.2) is 5.96 Å². The number of likely N-dealkylation sites (N-methyl/N-ethyl adjacent to an activating group) is 1. The van der Waals surface area contributed by atoms with Crippen LogP contribution in [0.1, 0.15) is 38.5 Å². The minimum atomic E-state index is -0.919. The number of piperazine rings is 1. The Balaban J connectivity index is 1.67. The maximum atomic E-state index is 10.6. The van der Waals surface area contributed by atoms with Crippen LogP contribution in [0.15, 0.2) is 22.5 Å². The molecule has 1 aromatic rings. The van der Waals surface area contributed by atoms with Gasteiger partial charge in [-0.1, -0.05) is 13.0 Å². The summed E-state index contributed by atoms with van der Waals surface area (Å²) in [5.74, 6) is 0.783. The number of thiophene rings is 1. The molecule has 1 atom stereocenters. The molecule has 1 unspecified atom stereocenters. The monoisotopic (exact) mass is 395 g/mol. The van der Waals surface area contributed by atoms with E-state index in [4.69, 9.17) is 0 Å². The fourth-order valence-corrected chi connectivity index (χ4v) is 4.01. The molecule has 1 aliphatic heterocycles. The van der Waals surface area contributed by atoms with Gasteiger partial charge in [0.05, 0.1) is 6.54 Å². The van der Waals surface area contributed by atoms with Gasteiger partial charge < -0.3 is 25.5 Å². The molecule has 1 aromatic heterocycles. The van der Waals surface area contributed by atoms with Crippen molar-refractivity contribution in [3.8, 4) is 0 Å². The summed E-state index contributed by atoms with van der Waals surface area (Å²) in [5.41, 5.74) is -0.919. The van der Waals surface area contributed by atoms with E-state index in [1.807, 2.05) is 24.4 Å². The summed E-state index contributed by atoms with van der Waals surface area (Å²) in [6, 6.07) is 3.92. The lowest BCUT2D eigenvalue weighted by Gasteiger charge is -2.34. The molecule has 0 bridgehead atoms. The Labute approximate surface area is 168 Å². The molecule has 0 aromatic carbocycles. The average Bonchev–Trinajstić information content (AvgIpc) is 3.22. The van der Waals surface area contributed by atoms with Crippen LogP contribution in [0, 0.1) is 0 Å². The summed E-state index contributed by atoms with van der Waals surface area (Å²) in [7, 11) is 0. The highest BCUT2D eigenvalue weighted by atomic mass is 32.1. The molecule has 7 heteroatoms. The van der Waals surface area contributed by atoms with Gasteiger partial charge in [-0.3, -0.25) is 0 Å². The normalized spacial score (nSPS) is 19.0. The molecule has 2 heterocycles.